The zero-order chi connectivity index (χ0) is 14.4. The molecule has 0 saturated carbocycles. The maximum Gasteiger partial charge on any atom is 0.166 e. The highest BCUT2D eigenvalue weighted by Crippen LogP contribution is 2.24. The Labute approximate surface area is 122 Å². The van der Waals surface area contributed by atoms with Gasteiger partial charge in [-0.2, -0.15) is 5.10 Å². The van der Waals surface area contributed by atoms with Crippen LogP contribution >= 0.6 is 0 Å². The van der Waals surface area contributed by atoms with E-state index < -0.39 is 0 Å². The minimum atomic E-state index is 0.179. The first kappa shape index (κ1) is 12.3. The van der Waals surface area contributed by atoms with E-state index in [2.05, 4.69) is 41.3 Å². The topological polar surface area (TPSA) is 47.3 Å². The first-order chi connectivity index (χ1) is 10.2. The van der Waals surface area contributed by atoms with Gasteiger partial charge in [0.15, 0.2) is 11.4 Å². The minimum Gasteiger partial charge on any atom is -0.294 e. The molecular weight excluding hydrogens is 262 g/mol. The summed E-state index contributed by atoms with van der Waals surface area (Å²) in [6, 6.07) is 10.3. The van der Waals surface area contributed by atoms with Crippen LogP contribution in [0.5, 0.6) is 0 Å². The van der Waals surface area contributed by atoms with Crippen LogP contribution < -0.4 is 0 Å². The third-order valence-electron chi connectivity index (χ3n) is 4.05. The molecule has 3 aromatic rings. The van der Waals surface area contributed by atoms with Gasteiger partial charge in [0.2, 0.25) is 0 Å². The van der Waals surface area contributed by atoms with Gasteiger partial charge < -0.3 is 0 Å². The highest BCUT2D eigenvalue weighted by Gasteiger charge is 2.21. The van der Waals surface area contributed by atoms with E-state index in [1.165, 1.54) is 5.56 Å². The van der Waals surface area contributed by atoms with Crippen LogP contribution in [0.25, 0.3) is 16.9 Å². The molecule has 21 heavy (non-hydrogen) atoms. The van der Waals surface area contributed by atoms with Gasteiger partial charge in [-0.05, 0) is 19.8 Å². The van der Waals surface area contributed by atoms with Crippen LogP contribution in [0.3, 0.4) is 0 Å². The predicted molar refractivity (Wildman–Crippen MR) is 80.4 cm³/mol. The van der Waals surface area contributed by atoms with Crippen LogP contribution in [-0.2, 0) is 6.42 Å². The lowest BCUT2D eigenvalue weighted by molar-refractivity contribution is 0.0970. The first-order valence-corrected chi connectivity index (χ1v) is 7.20. The monoisotopic (exact) mass is 277 g/mol. The molecule has 0 amide bonds. The second-order valence-electron chi connectivity index (χ2n) is 5.56. The Morgan fingerprint density at radius 3 is 2.76 bits per heavy atom. The van der Waals surface area contributed by atoms with Crippen LogP contribution in [0, 0.1) is 6.92 Å². The highest BCUT2D eigenvalue weighted by atomic mass is 16.1. The Balaban J connectivity index is 1.90. The van der Waals surface area contributed by atoms with Crippen LogP contribution in [0.2, 0.25) is 0 Å². The molecule has 1 aliphatic carbocycles. The second-order valence-corrected chi connectivity index (χ2v) is 5.56. The lowest BCUT2D eigenvalue weighted by atomic mass is 9.96. The number of rotatable bonds is 1. The lowest BCUT2D eigenvalue weighted by Gasteiger charge is -2.14. The zero-order valence-corrected chi connectivity index (χ0v) is 11.8. The lowest BCUT2D eigenvalue weighted by Crippen LogP contribution is -2.16. The van der Waals surface area contributed by atoms with E-state index in [4.69, 9.17) is 0 Å². The molecule has 0 atom stereocenters. The normalized spacial score (nSPS) is 14.4. The van der Waals surface area contributed by atoms with Gasteiger partial charge in [0.1, 0.15) is 0 Å². The quantitative estimate of drug-likeness (QED) is 0.686. The van der Waals surface area contributed by atoms with Crippen molar-refractivity contribution in [1.82, 2.24) is 14.6 Å². The maximum atomic E-state index is 12.0. The average molecular weight is 277 g/mol. The van der Waals surface area contributed by atoms with Crippen molar-refractivity contribution in [3.8, 4) is 11.3 Å². The summed E-state index contributed by atoms with van der Waals surface area (Å²) >= 11 is 0. The van der Waals surface area contributed by atoms with Crippen molar-refractivity contribution in [2.45, 2.75) is 26.2 Å². The summed E-state index contributed by atoms with van der Waals surface area (Å²) in [5, 5.41) is 4.66. The largest absolute Gasteiger partial charge is 0.294 e. The number of hydrogen-bond acceptors (Lipinski definition) is 3. The molecule has 104 valence electrons. The van der Waals surface area contributed by atoms with Crippen LogP contribution in [0.1, 0.15) is 34.5 Å². The number of fused-ring (bicyclic) bond motifs is 3. The summed E-state index contributed by atoms with van der Waals surface area (Å²) in [5.41, 5.74) is 5.72. The number of Topliss-reactive ketones (excluding diaryl/α,β-unsaturated/α-hetero) is 1. The van der Waals surface area contributed by atoms with Gasteiger partial charge in [-0.25, -0.2) is 9.50 Å². The van der Waals surface area contributed by atoms with Crippen molar-refractivity contribution in [3.05, 3.63) is 53.3 Å². The van der Waals surface area contributed by atoms with Crippen molar-refractivity contribution in [2.75, 3.05) is 0 Å². The molecule has 1 aromatic carbocycles. The molecule has 4 rings (SSSR count). The van der Waals surface area contributed by atoms with E-state index in [0.29, 0.717) is 6.42 Å². The van der Waals surface area contributed by atoms with Gasteiger partial charge >= 0.3 is 0 Å². The zero-order valence-electron chi connectivity index (χ0n) is 11.8. The number of benzene rings is 1. The Hall–Kier alpha value is -2.49. The molecule has 0 unspecified atom stereocenters. The van der Waals surface area contributed by atoms with Crippen LogP contribution in [0.15, 0.2) is 36.5 Å². The minimum absolute atomic E-state index is 0.179. The van der Waals surface area contributed by atoms with Crippen molar-refractivity contribution in [3.63, 3.8) is 0 Å². The SMILES string of the molecule is Cc1ccc(-c2cc3ncc4c(n3n2)CCCC4=O)cc1. The molecule has 2 aromatic heterocycles. The molecular formula is C17H15N3O. The fourth-order valence-corrected chi connectivity index (χ4v) is 2.87. The summed E-state index contributed by atoms with van der Waals surface area (Å²) in [6.45, 7) is 2.07. The molecule has 0 fully saturated rings. The van der Waals surface area contributed by atoms with Crippen LogP contribution in [0.4, 0.5) is 0 Å². The van der Waals surface area contributed by atoms with Gasteiger partial charge in [-0.3, -0.25) is 4.79 Å². The summed E-state index contributed by atoms with van der Waals surface area (Å²) in [4.78, 5) is 16.4. The van der Waals surface area contributed by atoms with E-state index in [-0.39, 0.29) is 5.78 Å². The third-order valence-corrected chi connectivity index (χ3v) is 4.05. The summed E-state index contributed by atoms with van der Waals surface area (Å²) in [5.74, 6) is 0.179. The molecule has 1 aliphatic rings. The number of ketones is 1. The molecule has 0 saturated heterocycles. The number of carbonyl (C=O) groups is 1. The van der Waals surface area contributed by atoms with Crippen molar-refractivity contribution in [2.24, 2.45) is 0 Å². The molecule has 0 N–H and O–H groups in total. The fourth-order valence-electron chi connectivity index (χ4n) is 2.87. The first-order valence-electron chi connectivity index (χ1n) is 7.20. The summed E-state index contributed by atoms with van der Waals surface area (Å²) < 4.78 is 1.83. The number of nitrogens with zero attached hydrogens (tertiary/aromatic N) is 3. The molecule has 2 heterocycles. The van der Waals surface area contributed by atoms with E-state index in [0.717, 1.165) is 41.0 Å². The van der Waals surface area contributed by atoms with Gasteiger partial charge in [0, 0.05) is 24.2 Å². The molecule has 0 bridgehead atoms. The van der Waals surface area contributed by atoms with E-state index in [1.54, 1.807) is 6.20 Å². The summed E-state index contributed by atoms with van der Waals surface area (Å²) in [6.07, 6.45) is 4.10. The molecule has 0 radical (unpaired) electrons. The van der Waals surface area contributed by atoms with Crippen molar-refractivity contribution < 1.29 is 4.79 Å². The van der Waals surface area contributed by atoms with E-state index >= 15 is 0 Å². The standard InChI is InChI=1S/C17H15N3O/c1-11-5-7-12(8-6-11)14-9-17-18-10-13-15(20(17)19-14)3-2-4-16(13)21/h5-10H,2-4H2,1H3. The highest BCUT2D eigenvalue weighted by molar-refractivity contribution is 5.98. The van der Waals surface area contributed by atoms with E-state index in [9.17, 15) is 4.79 Å². The fraction of sp³-hybridized carbons (Fsp3) is 0.235. The Morgan fingerprint density at radius 2 is 1.95 bits per heavy atom. The maximum absolute atomic E-state index is 12.0. The van der Waals surface area contributed by atoms with Gasteiger partial charge in [0.05, 0.1) is 17.0 Å². The molecule has 0 spiro atoms. The van der Waals surface area contributed by atoms with E-state index in [1.807, 2.05) is 10.6 Å². The predicted octanol–water partition coefficient (Wildman–Crippen LogP) is 3.22. The van der Waals surface area contributed by atoms with Gasteiger partial charge in [-0.15, -0.1) is 0 Å². The Kier molecular flexibility index (Phi) is 2.64. The number of hydrogen-bond donors (Lipinski definition) is 0. The van der Waals surface area contributed by atoms with Crippen molar-refractivity contribution in [1.29, 1.82) is 0 Å². The van der Waals surface area contributed by atoms with Crippen molar-refractivity contribution >= 4 is 11.4 Å². The molecule has 4 heteroatoms. The average Bonchev–Trinajstić information content (AvgIpc) is 2.93. The molecule has 0 aliphatic heterocycles. The molecule has 4 nitrogen and oxygen atoms in total. The Bertz CT molecular complexity index is 846. The smallest absolute Gasteiger partial charge is 0.166 e. The Morgan fingerprint density at radius 1 is 1.14 bits per heavy atom. The third kappa shape index (κ3) is 1.95. The second kappa shape index (κ2) is 4.52. The van der Waals surface area contributed by atoms with Crippen LogP contribution in [-0.4, -0.2) is 20.4 Å². The number of aromatic nitrogens is 3. The number of carbonyl (C=O) groups excluding carboxylic acids is 1. The summed E-state index contributed by atoms with van der Waals surface area (Å²) in [7, 11) is 0. The van der Waals surface area contributed by atoms with Gasteiger partial charge in [0.25, 0.3) is 0 Å². The van der Waals surface area contributed by atoms with Gasteiger partial charge in [-0.1, -0.05) is 29.8 Å². The number of aryl methyl sites for hydroxylation is 2.